The van der Waals surface area contributed by atoms with Gasteiger partial charge in [-0.25, -0.2) is 9.37 Å². The summed E-state index contributed by atoms with van der Waals surface area (Å²) in [6.07, 6.45) is 1.95. The van der Waals surface area contributed by atoms with Crippen LogP contribution in [-0.2, 0) is 4.79 Å². The molecule has 0 unspecified atom stereocenters. The van der Waals surface area contributed by atoms with Gasteiger partial charge in [0, 0.05) is 34.6 Å². The van der Waals surface area contributed by atoms with E-state index < -0.39 is 18.9 Å². The zero-order valence-electron chi connectivity index (χ0n) is 25.9. The molecule has 43 heavy (non-hydrogen) atoms. The van der Waals surface area contributed by atoms with E-state index in [1.54, 1.807) is 35.2 Å². The van der Waals surface area contributed by atoms with Crippen molar-refractivity contribution in [3.63, 3.8) is 0 Å². The number of nitrogens with one attached hydrogen (secondary N) is 1. The smallest absolute Gasteiger partial charge is 0.272 e. The normalized spacial score (nSPS) is 20.7. The van der Waals surface area contributed by atoms with E-state index in [2.05, 4.69) is 30.7 Å². The second kappa shape index (κ2) is 11.0. The summed E-state index contributed by atoms with van der Waals surface area (Å²) in [5.41, 5.74) is 3.25. The number of piperidine rings is 1. The molecule has 1 aliphatic heterocycles. The Kier molecular flexibility index (Phi) is 6.03. The number of nitrogens with zero attached hydrogens (tertiary/aromatic N) is 7. The minimum absolute atomic E-state index is 0.0292. The van der Waals surface area contributed by atoms with Crippen LogP contribution in [0.2, 0.25) is 0 Å². The lowest BCUT2D eigenvalue weighted by molar-refractivity contribution is -0.117. The van der Waals surface area contributed by atoms with Crippen LogP contribution in [0.3, 0.4) is 0 Å². The van der Waals surface area contributed by atoms with Crippen molar-refractivity contribution in [3.05, 3.63) is 83.9 Å². The third-order valence-electron chi connectivity index (χ3n) is 8.02. The number of pyridine rings is 1. The van der Waals surface area contributed by atoms with Crippen molar-refractivity contribution < 1.29 is 22.5 Å². The zero-order chi connectivity index (χ0) is 32.0. The third kappa shape index (κ3) is 5.47. The Morgan fingerprint density at radius 1 is 1.12 bits per heavy atom. The summed E-state index contributed by atoms with van der Waals surface area (Å²) in [4.78, 5) is 37.7. The average molecular weight is 584 g/mol. The maximum Gasteiger partial charge on any atom is 0.272 e. The van der Waals surface area contributed by atoms with Gasteiger partial charge in [-0.1, -0.05) is 30.3 Å². The number of amides is 2. The molecule has 12 heteroatoms. The molecule has 1 saturated carbocycles. The number of oxazole rings is 1. The molecule has 3 atom stereocenters. The van der Waals surface area contributed by atoms with Crippen molar-refractivity contribution in [2.75, 3.05) is 18.4 Å². The van der Waals surface area contributed by atoms with Gasteiger partial charge in [-0.15, -0.1) is 10.2 Å². The Morgan fingerprint density at radius 2 is 1.93 bits per heavy atom. The summed E-state index contributed by atoms with van der Waals surface area (Å²) in [7, 11) is 0. The minimum atomic E-state index is -2.47. The molecule has 0 spiro atoms. The molecule has 0 radical (unpaired) electrons. The number of hydrogen-bond acceptors (Lipinski definition) is 8. The molecular weight excluding hydrogens is 551 g/mol. The summed E-state index contributed by atoms with van der Waals surface area (Å²) in [6.45, 7) is -1.55. The highest BCUT2D eigenvalue weighted by atomic mass is 19.1. The molecule has 2 aromatic carbocycles. The van der Waals surface area contributed by atoms with Gasteiger partial charge in [-0.2, -0.15) is 4.80 Å². The van der Waals surface area contributed by atoms with Gasteiger partial charge in [0.05, 0.1) is 5.92 Å². The van der Waals surface area contributed by atoms with E-state index in [-0.39, 0.29) is 41.7 Å². The molecule has 7 rings (SSSR count). The predicted molar refractivity (Wildman–Crippen MR) is 155 cm³/mol. The largest absolute Gasteiger partial charge is 0.436 e. The van der Waals surface area contributed by atoms with E-state index in [0.29, 0.717) is 54.2 Å². The molecule has 3 aromatic heterocycles. The minimum Gasteiger partial charge on any atom is -0.436 e. The Hall–Kier alpha value is -5.00. The summed E-state index contributed by atoms with van der Waals surface area (Å²) in [5, 5.41) is 14.8. The van der Waals surface area contributed by atoms with Crippen LogP contribution in [-0.4, -0.2) is 66.2 Å². The molecule has 218 valence electrons. The number of carbonyl (C=O) groups is 2. The SMILES string of the molecule is [2H]C([2H])([2H])c1nnn([C@H](c2ccccc2)C2CCN(C(=O)c3cc(-c4nc5cc(NC(=O)[C@@H]6C[C@@H]6F)ccc5o4)ccn3)CC2)n1. The first-order valence-corrected chi connectivity index (χ1v) is 14.1. The Labute approximate surface area is 250 Å². The van der Waals surface area contributed by atoms with Crippen LogP contribution < -0.4 is 5.32 Å². The average Bonchev–Trinajstić information content (AvgIpc) is 3.39. The monoisotopic (exact) mass is 583 g/mol. The number of aromatic nitrogens is 6. The van der Waals surface area contributed by atoms with Gasteiger partial charge in [0.1, 0.15) is 23.4 Å². The van der Waals surface area contributed by atoms with Crippen molar-refractivity contribution >= 4 is 28.6 Å². The molecule has 2 fully saturated rings. The van der Waals surface area contributed by atoms with E-state index in [4.69, 9.17) is 8.53 Å². The van der Waals surface area contributed by atoms with Crippen LogP contribution >= 0.6 is 0 Å². The molecule has 2 aliphatic rings. The van der Waals surface area contributed by atoms with Gasteiger partial charge in [0.25, 0.3) is 5.91 Å². The van der Waals surface area contributed by atoms with Gasteiger partial charge in [0.15, 0.2) is 11.4 Å². The number of tetrazole rings is 1. The molecule has 1 aliphatic carbocycles. The second-order valence-electron chi connectivity index (χ2n) is 10.9. The van der Waals surface area contributed by atoms with E-state index in [1.807, 2.05) is 30.3 Å². The standard InChI is InChI=1S/C31H29FN8O3/c1-18-36-38-40(37-18)28(19-5-3-2-4-6-19)20-10-13-39(14-11-20)31(42)26-15-21(9-12-33-26)30-35-25-16-22(7-8-27(25)43-30)34-29(41)23-17-24(23)32/h2-9,12,15-16,20,23-24,28H,10-11,13-14,17H2,1H3,(H,34,41)/t23-,24+,28-/m1/s1/i1D3. The Bertz CT molecular complexity index is 1910. The van der Waals surface area contributed by atoms with E-state index >= 15 is 0 Å². The van der Waals surface area contributed by atoms with Gasteiger partial charge >= 0.3 is 0 Å². The Balaban J connectivity index is 1.05. The number of likely N-dealkylation sites (tertiary alicyclic amines) is 1. The molecule has 5 aromatic rings. The molecular formula is C31H29FN8O3. The highest BCUT2D eigenvalue weighted by molar-refractivity contribution is 5.96. The maximum absolute atomic E-state index is 13.6. The highest BCUT2D eigenvalue weighted by Gasteiger charge is 2.43. The maximum atomic E-state index is 13.6. The number of halogens is 1. The number of fused-ring (bicyclic) bond motifs is 1. The topological polar surface area (TPSA) is 132 Å². The van der Waals surface area contributed by atoms with Crippen LogP contribution in [0.4, 0.5) is 10.1 Å². The van der Waals surface area contributed by atoms with Crippen LogP contribution in [0, 0.1) is 18.7 Å². The number of anilines is 1. The molecule has 0 bridgehead atoms. The van der Waals surface area contributed by atoms with Crippen LogP contribution in [0.15, 0.2) is 71.3 Å². The summed E-state index contributed by atoms with van der Waals surface area (Å²) >= 11 is 0. The van der Waals surface area contributed by atoms with Crippen molar-refractivity contribution in [3.8, 4) is 11.5 Å². The number of alkyl halides is 1. The fourth-order valence-electron chi connectivity index (χ4n) is 5.65. The van der Waals surface area contributed by atoms with E-state index in [1.165, 1.54) is 11.0 Å². The number of aryl methyl sites for hydroxylation is 1. The second-order valence-corrected chi connectivity index (χ2v) is 10.9. The third-order valence-corrected chi connectivity index (χ3v) is 8.02. The first-order chi connectivity index (χ1) is 22.1. The molecule has 1 saturated heterocycles. The number of rotatable bonds is 7. The van der Waals surface area contributed by atoms with E-state index in [0.717, 1.165) is 5.56 Å². The lowest BCUT2D eigenvalue weighted by Crippen LogP contribution is -2.41. The van der Waals surface area contributed by atoms with Gasteiger partial charge < -0.3 is 14.6 Å². The number of hydrogen-bond donors (Lipinski definition) is 1. The molecule has 4 heterocycles. The predicted octanol–water partition coefficient (Wildman–Crippen LogP) is 4.62. The lowest BCUT2D eigenvalue weighted by atomic mass is 9.85. The number of carbonyl (C=O) groups excluding carboxylic acids is 2. The first kappa shape index (κ1) is 23.6. The first-order valence-electron chi connectivity index (χ1n) is 15.6. The fourth-order valence-corrected chi connectivity index (χ4v) is 5.65. The van der Waals surface area contributed by atoms with Gasteiger partial charge in [-0.3, -0.25) is 14.6 Å². The fraction of sp³-hybridized carbons (Fsp3) is 0.323. The van der Waals surface area contributed by atoms with Crippen LogP contribution in [0.25, 0.3) is 22.6 Å². The Morgan fingerprint density at radius 3 is 2.67 bits per heavy atom. The summed E-state index contributed by atoms with van der Waals surface area (Å²) < 4.78 is 42.1. The van der Waals surface area contributed by atoms with Crippen molar-refractivity contribution in [1.82, 2.24) is 35.1 Å². The van der Waals surface area contributed by atoms with Gasteiger partial charge in [-0.05, 0) is 73.1 Å². The lowest BCUT2D eigenvalue weighted by Gasteiger charge is -2.35. The van der Waals surface area contributed by atoms with E-state index in [9.17, 15) is 14.0 Å². The van der Waals surface area contributed by atoms with Crippen molar-refractivity contribution in [2.24, 2.45) is 11.8 Å². The molecule has 2 amide bonds. The highest BCUT2D eigenvalue weighted by Crippen LogP contribution is 2.36. The quantitative estimate of drug-likeness (QED) is 0.294. The summed E-state index contributed by atoms with van der Waals surface area (Å²) in [6, 6.07) is 17.6. The van der Waals surface area contributed by atoms with Crippen molar-refractivity contribution in [1.29, 1.82) is 0 Å². The zero-order valence-corrected chi connectivity index (χ0v) is 22.9. The van der Waals surface area contributed by atoms with Gasteiger partial charge in [0.2, 0.25) is 11.8 Å². The molecule has 11 nitrogen and oxygen atoms in total. The number of benzene rings is 2. The summed E-state index contributed by atoms with van der Waals surface area (Å²) in [5.74, 6) is -1.17. The van der Waals surface area contributed by atoms with Crippen molar-refractivity contribution in [2.45, 2.75) is 38.3 Å². The molecule has 1 N–H and O–H groups in total. The van der Waals surface area contributed by atoms with Crippen LogP contribution in [0.1, 0.15) is 51.3 Å². The van der Waals surface area contributed by atoms with Crippen LogP contribution in [0.5, 0.6) is 0 Å².